The fourth-order valence-corrected chi connectivity index (χ4v) is 2.45. The molecule has 0 aliphatic heterocycles. The SMILES string of the molecule is CCOc1cccc(C(CC)Cc2cn(CC)nn2)c1O. The van der Waals surface area contributed by atoms with Gasteiger partial charge in [0.1, 0.15) is 0 Å². The predicted octanol–water partition coefficient (Wildman–Crippen LogP) is 3.14. The highest BCUT2D eigenvalue weighted by Crippen LogP contribution is 2.37. The summed E-state index contributed by atoms with van der Waals surface area (Å²) < 4.78 is 7.28. The number of rotatable bonds is 7. The van der Waals surface area contributed by atoms with Gasteiger partial charge in [0.05, 0.1) is 12.3 Å². The Morgan fingerprint density at radius 2 is 2.10 bits per heavy atom. The van der Waals surface area contributed by atoms with E-state index in [0.717, 1.165) is 30.6 Å². The van der Waals surface area contributed by atoms with Crippen LogP contribution in [0.2, 0.25) is 0 Å². The minimum Gasteiger partial charge on any atom is -0.504 e. The molecule has 0 saturated heterocycles. The summed E-state index contributed by atoms with van der Waals surface area (Å²) >= 11 is 0. The molecule has 0 aliphatic rings. The van der Waals surface area contributed by atoms with E-state index in [1.807, 2.05) is 36.9 Å². The lowest BCUT2D eigenvalue weighted by atomic mass is 9.91. The van der Waals surface area contributed by atoms with Crippen LogP contribution in [0.4, 0.5) is 0 Å². The molecule has 1 atom stereocenters. The zero-order chi connectivity index (χ0) is 15.2. The van der Waals surface area contributed by atoms with E-state index in [0.29, 0.717) is 12.4 Å². The summed E-state index contributed by atoms with van der Waals surface area (Å²) in [6.07, 6.45) is 3.65. The highest BCUT2D eigenvalue weighted by atomic mass is 16.5. The van der Waals surface area contributed by atoms with Crippen LogP contribution in [0, 0.1) is 0 Å². The zero-order valence-corrected chi connectivity index (χ0v) is 12.9. The Morgan fingerprint density at radius 1 is 1.29 bits per heavy atom. The van der Waals surface area contributed by atoms with Crippen LogP contribution in [-0.4, -0.2) is 26.7 Å². The average molecular weight is 289 g/mol. The summed E-state index contributed by atoms with van der Waals surface area (Å²) in [5.41, 5.74) is 1.86. The van der Waals surface area contributed by atoms with Crippen LogP contribution in [0.25, 0.3) is 0 Å². The van der Waals surface area contributed by atoms with E-state index in [-0.39, 0.29) is 11.7 Å². The summed E-state index contributed by atoms with van der Waals surface area (Å²) in [5, 5.41) is 18.6. The zero-order valence-electron chi connectivity index (χ0n) is 12.9. The summed E-state index contributed by atoms with van der Waals surface area (Å²) in [7, 11) is 0. The molecule has 5 nitrogen and oxygen atoms in total. The third-order valence-electron chi connectivity index (χ3n) is 3.63. The number of hydrogen-bond donors (Lipinski definition) is 1. The standard InChI is InChI=1S/C16H23N3O2/c1-4-12(10-13-11-19(5-2)18-17-13)14-8-7-9-15(16(14)20)21-6-3/h7-9,11-12,20H,4-6,10H2,1-3H3. The number of aromatic hydroxyl groups is 1. The fraction of sp³-hybridized carbons (Fsp3) is 0.500. The van der Waals surface area contributed by atoms with Crippen LogP contribution in [0.3, 0.4) is 0 Å². The average Bonchev–Trinajstić information content (AvgIpc) is 2.95. The lowest BCUT2D eigenvalue weighted by molar-refractivity contribution is 0.315. The number of para-hydroxylation sites is 1. The molecule has 0 radical (unpaired) electrons. The highest BCUT2D eigenvalue weighted by molar-refractivity contribution is 5.47. The molecule has 114 valence electrons. The second kappa shape index (κ2) is 7.11. The Labute approximate surface area is 125 Å². The molecule has 0 bridgehead atoms. The van der Waals surface area contributed by atoms with Gasteiger partial charge in [0, 0.05) is 24.7 Å². The molecule has 1 N–H and O–H groups in total. The van der Waals surface area contributed by atoms with E-state index < -0.39 is 0 Å². The molecule has 2 aromatic rings. The van der Waals surface area contributed by atoms with Crippen molar-refractivity contribution >= 4 is 0 Å². The first-order valence-corrected chi connectivity index (χ1v) is 7.53. The molecule has 1 aromatic carbocycles. The Bertz CT molecular complexity index is 581. The van der Waals surface area contributed by atoms with E-state index in [9.17, 15) is 5.11 Å². The Morgan fingerprint density at radius 3 is 2.71 bits per heavy atom. The summed E-state index contributed by atoms with van der Waals surface area (Å²) in [6.45, 7) is 7.41. The summed E-state index contributed by atoms with van der Waals surface area (Å²) in [6, 6.07) is 5.67. The van der Waals surface area contributed by atoms with Crippen LogP contribution < -0.4 is 4.74 Å². The van der Waals surface area contributed by atoms with Crippen molar-refractivity contribution in [2.45, 2.75) is 46.1 Å². The monoisotopic (exact) mass is 289 g/mol. The van der Waals surface area contributed by atoms with Gasteiger partial charge in [-0.15, -0.1) is 5.10 Å². The van der Waals surface area contributed by atoms with Crippen LogP contribution in [0.1, 0.15) is 44.4 Å². The maximum Gasteiger partial charge on any atom is 0.161 e. The number of hydrogen-bond acceptors (Lipinski definition) is 4. The van der Waals surface area contributed by atoms with E-state index in [2.05, 4.69) is 17.2 Å². The van der Waals surface area contributed by atoms with Gasteiger partial charge in [-0.2, -0.15) is 0 Å². The molecule has 0 aliphatic carbocycles. The number of phenols is 1. The first kappa shape index (κ1) is 15.4. The van der Waals surface area contributed by atoms with E-state index in [1.54, 1.807) is 6.07 Å². The van der Waals surface area contributed by atoms with Crippen molar-refractivity contribution in [1.29, 1.82) is 0 Å². The van der Waals surface area contributed by atoms with Gasteiger partial charge < -0.3 is 9.84 Å². The van der Waals surface area contributed by atoms with Gasteiger partial charge in [0.15, 0.2) is 11.5 Å². The largest absolute Gasteiger partial charge is 0.504 e. The molecule has 0 fully saturated rings. The van der Waals surface area contributed by atoms with Crippen molar-refractivity contribution in [2.75, 3.05) is 6.61 Å². The fourth-order valence-electron chi connectivity index (χ4n) is 2.45. The van der Waals surface area contributed by atoms with Crippen LogP contribution in [0.5, 0.6) is 11.5 Å². The molecule has 21 heavy (non-hydrogen) atoms. The van der Waals surface area contributed by atoms with Crippen LogP contribution in [-0.2, 0) is 13.0 Å². The third kappa shape index (κ3) is 3.54. The van der Waals surface area contributed by atoms with Crippen molar-refractivity contribution in [3.05, 3.63) is 35.7 Å². The van der Waals surface area contributed by atoms with Crippen molar-refractivity contribution in [3.63, 3.8) is 0 Å². The van der Waals surface area contributed by atoms with Crippen molar-refractivity contribution in [1.82, 2.24) is 15.0 Å². The minimum absolute atomic E-state index is 0.201. The molecular formula is C16H23N3O2. The first-order chi connectivity index (χ1) is 10.2. The van der Waals surface area contributed by atoms with Gasteiger partial charge in [0.2, 0.25) is 0 Å². The summed E-state index contributed by atoms with van der Waals surface area (Å²) in [4.78, 5) is 0. The molecule has 0 amide bonds. The maximum atomic E-state index is 10.4. The van der Waals surface area contributed by atoms with E-state index in [4.69, 9.17) is 4.74 Å². The molecular weight excluding hydrogens is 266 g/mol. The molecule has 1 aromatic heterocycles. The highest BCUT2D eigenvalue weighted by Gasteiger charge is 2.18. The predicted molar refractivity (Wildman–Crippen MR) is 81.7 cm³/mol. The summed E-state index contributed by atoms with van der Waals surface area (Å²) in [5.74, 6) is 0.993. The van der Waals surface area contributed by atoms with Gasteiger partial charge in [-0.25, -0.2) is 0 Å². The van der Waals surface area contributed by atoms with Crippen LogP contribution in [0.15, 0.2) is 24.4 Å². The number of ether oxygens (including phenoxy) is 1. The topological polar surface area (TPSA) is 60.2 Å². The molecule has 5 heteroatoms. The minimum atomic E-state index is 0.201. The number of benzene rings is 1. The van der Waals surface area contributed by atoms with Gasteiger partial charge in [-0.1, -0.05) is 24.3 Å². The van der Waals surface area contributed by atoms with Gasteiger partial charge >= 0.3 is 0 Å². The van der Waals surface area contributed by atoms with Gasteiger partial charge in [-0.05, 0) is 32.3 Å². The van der Waals surface area contributed by atoms with Gasteiger partial charge in [-0.3, -0.25) is 4.68 Å². The number of aryl methyl sites for hydroxylation is 1. The second-order valence-electron chi connectivity index (χ2n) is 5.00. The smallest absolute Gasteiger partial charge is 0.161 e. The third-order valence-corrected chi connectivity index (χ3v) is 3.63. The number of nitrogens with zero attached hydrogens (tertiary/aromatic N) is 3. The quantitative estimate of drug-likeness (QED) is 0.850. The van der Waals surface area contributed by atoms with Gasteiger partial charge in [0.25, 0.3) is 0 Å². The Balaban J connectivity index is 2.22. The molecule has 0 saturated carbocycles. The number of aromatic nitrogens is 3. The van der Waals surface area contributed by atoms with Crippen molar-refractivity contribution < 1.29 is 9.84 Å². The molecule has 0 spiro atoms. The molecule has 1 heterocycles. The molecule has 2 rings (SSSR count). The van der Waals surface area contributed by atoms with Crippen molar-refractivity contribution in [2.24, 2.45) is 0 Å². The van der Waals surface area contributed by atoms with E-state index in [1.165, 1.54) is 0 Å². The van der Waals surface area contributed by atoms with Crippen LogP contribution >= 0.6 is 0 Å². The normalized spacial score (nSPS) is 12.3. The Kier molecular flexibility index (Phi) is 5.20. The Hall–Kier alpha value is -2.04. The first-order valence-electron chi connectivity index (χ1n) is 7.53. The molecule has 1 unspecified atom stereocenters. The lowest BCUT2D eigenvalue weighted by Gasteiger charge is -2.17. The number of phenolic OH excluding ortho intramolecular Hbond substituents is 1. The van der Waals surface area contributed by atoms with E-state index >= 15 is 0 Å². The van der Waals surface area contributed by atoms with Crippen molar-refractivity contribution in [3.8, 4) is 11.5 Å². The maximum absolute atomic E-state index is 10.4. The lowest BCUT2D eigenvalue weighted by Crippen LogP contribution is -2.04. The second-order valence-corrected chi connectivity index (χ2v) is 5.00.